The normalized spacial score (nSPS) is 22.9. The van der Waals surface area contributed by atoms with Crippen molar-refractivity contribution in [2.75, 3.05) is 20.2 Å². The highest BCUT2D eigenvalue weighted by Gasteiger charge is 2.42. The van der Waals surface area contributed by atoms with Crippen molar-refractivity contribution in [2.24, 2.45) is 5.92 Å². The molecule has 2 aliphatic heterocycles. The lowest BCUT2D eigenvalue weighted by atomic mass is 9.89. The maximum atomic E-state index is 13.3. The Morgan fingerprint density at radius 2 is 1.86 bits per heavy atom. The summed E-state index contributed by atoms with van der Waals surface area (Å²) >= 11 is 0. The minimum Gasteiger partial charge on any atom is -0.469 e. The van der Waals surface area contributed by atoms with Crippen LogP contribution in [0.1, 0.15) is 39.9 Å². The summed E-state index contributed by atoms with van der Waals surface area (Å²) < 4.78 is 18.2. The average Bonchev–Trinajstić information content (AvgIpc) is 3.31. The molecule has 0 unspecified atom stereocenters. The van der Waals surface area contributed by atoms with Crippen LogP contribution in [-0.4, -0.2) is 42.9 Å². The summed E-state index contributed by atoms with van der Waals surface area (Å²) in [5, 5.41) is 2.85. The van der Waals surface area contributed by atoms with Gasteiger partial charge in [-0.3, -0.25) is 14.4 Å². The lowest BCUT2D eigenvalue weighted by Crippen LogP contribution is -2.33. The van der Waals surface area contributed by atoms with Crippen molar-refractivity contribution in [3.8, 4) is 0 Å². The molecule has 29 heavy (non-hydrogen) atoms. The third kappa shape index (κ3) is 3.60. The van der Waals surface area contributed by atoms with Crippen LogP contribution in [0.25, 0.3) is 0 Å². The van der Waals surface area contributed by atoms with Crippen LogP contribution in [0.5, 0.6) is 0 Å². The second-order valence-corrected chi connectivity index (χ2v) is 7.40. The van der Waals surface area contributed by atoms with Gasteiger partial charge in [-0.2, -0.15) is 0 Å². The number of methoxy groups -OCH3 is 1. The molecule has 6 nitrogen and oxygen atoms in total. The smallest absolute Gasteiger partial charge is 0.311 e. The molecule has 0 radical (unpaired) electrons. The summed E-state index contributed by atoms with van der Waals surface area (Å²) in [4.78, 5) is 39.0. The highest BCUT2D eigenvalue weighted by Crippen LogP contribution is 2.35. The van der Waals surface area contributed by atoms with E-state index in [2.05, 4.69) is 5.32 Å². The number of fused-ring (bicyclic) bond motifs is 1. The number of nitrogens with zero attached hydrogens (tertiary/aromatic N) is 1. The molecule has 7 heteroatoms. The third-order valence-electron chi connectivity index (χ3n) is 5.74. The number of hydrogen-bond acceptors (Lipinski definition) is 4. The molecule has 2 aromatic rings. The minimum absolute atomic E-state index is 0.118. The van der Waals surface area contributed by atoms with Gasteiger partial charge in [0.1, 0.15) is 5.82 Å². The molecule has 1 fully saturated rings. The van der Waals surface area contributed by atoms with Crippen LogP contribution in [0.15, 0.2) is 48.5 Å². The number of rotatable bonds is 4. The number of likely N-dealkylation sites (tertiary alicyclic amines) is 1. The fraction of sp³-hybridized carbons (Fsp3) is 0.318. The molecule has 2 aliphatic rings. The standard InChI is InChI=1S/C22H21FN2O4/c1-29-22(28)18-12-25(11-17(18)13-6-8-14(23)9-7-13)20(26)10-19-15-4-2-3-5-16(15)21(27)24-19/h2-9,17-19H,10-12H2,1H3,(H,24,27)/t17-,18+,19+/m1/s1. The van der Waals surface area contributed by atoms with Crippen LogP contribution < -0.4 is 5.32 Å². The average molecular weight is 396 g/mol. The molecule has 0 bridgehead atoms. The number of carbonyl (C=O) groups is 3. The van der Waals surface area contributed by atoms with Gasteiger partial charge in [0.25, 0.3) is 5.91 Å². The van der Waals surface area contributed by atoms with Gasteiger partial charge in [-0.1, -0.05) is 30.3 Å². The predicted molar refractivity (Wildman–Crippen MR) is 102 cm³/mol. The van der Waals surface area contributed by atoms with Gasteiger partial charge < -0.3 is 15.0 Å². The fourth-order valence-corrected chi connectivity index (χ4v) is 4.23. The number of amides is 2. The van der Waals surface area contributed by atoms with Gasteiger partial charge in [-0.25, -0.2) is 4.39 Å². The number of carbonyl (C=O) groups excluding carboxylic acids is 3. The van der Waals surface area contributed by atoms with E-state index in [9.17, 15) is 18.8 Å². The van der Waals surface area contributed by atoms with Crippen molar-refractivity contribution in [3.05, 3.63) is 71.0 Å². The first-order valence-corrected chi connectivity index (χ1v) is 9.48. The number of hydrogen-bond donors (Lipinski definition) is 1. The van der Waals surface area contributed by atoms with Gasteiger partial charge in [0.15, 0.2) is 0 Å². The van der Waals surface area contributed by atoms with Crippen molar-refractivity contribution >= 4 is 17.8 Å². The van der Waals surface area contributed by atoms with E-state index >= 15 is 0 Å². The van der Waals surface area contributed by atoms with Crippen LogP contribution in [0, 0.1) is 11.7 Å². The molecule has 0 saturated carbocycles. The first-order chi connectivity index (χ1) is 14.0. The number of nitrogens with one attached hydrogen (secondary N) is 1. The molecule has 0 aliphatic carbocycles. The first kappa shape index (κ1) is 19.1. The van der Waals surface area contributed by atoms with Crippen LogP contribution in [0.2, 0.25) is 0 Å². The highest BCUT2D eigenvalue weighted by molar-refractivity contribution is 5.99. The summed E-state index contributed by atoms with van der Waals surface area (Å²) in [6, 6.07) is 12.8. The van der Waals surface area contributed by atoms with Gasteiger partial charge in [0.05, 0.1) is 25.5 Å². The molecule has 4 rings (SSSR count). The van der Waals surface area contributed by atoms with E-state index in [1.165, 1.54) is 19.2 Å². The van der Waals surface area contributed by atoms with Crippen molar-refractivity contribution < 1.29 is 23.5 Å². The monoisotopic (exact) mass is 396 g/mol. The molecule has 1 saturated heterocycles. The zero-order chi connectivity index (χ0) is 20.5. The van der Waals surface area contributed by atoms with Crippen molar-refractivity contribution in [2.45, 2.75) is 18.4 Å². The van der Waals surface area contributed by atoms with Crippen LogP contribution in [-0.2, 0) is 14.3 Å². The Morgan fingerprint density at radius 1 is 1.14 bits per heavy atom. The molecule has 2 aromatic carbocycles. The Balaban J connectivity index is 1.51. The predicted octanol–water partition coefficient (Wildman–Crippen LogP) is 2.42. The maximum absolute atomic E-state index is 13.3. The number of ether oxygens (including phenoxy) is 1. The van der Waals surface area contributed by atoms with Crippen molar-refractivity contribution in [1.82, 2.24) is 10.2 Å². The van der Waals surface area contributed by atoms with Gasteiger partial charge in [-0.05, 0) is 29.3 Å². The molecular weight excluding hydrogens is 375 g/mol. The van der Waals surface area contributed by atoms with Gasteiger partial charge >= 0.3 is 5.97 Å². The van der Waals surface area contributed by atoms with E-state index in [0.29, 0.717) is 12.1 Å². The number of halogens is 1. The Morgan fingerprint density at radius 3 is 2.59 bits per heavy atom. The molecule has 3 atom stereocenters. The Kier molecular flexibility index (Phi) is 5.05. The number of benzene rings is 2. The van der Waals surface area contributed by atoms with E-state index in [4.69, 9.17) is 4.74 Å². The molecule has 2 heterocycles. The lowest BCUT2D eigenvalue weighted by molar-refractivity contribution is -0.145. The summed E-state index contributed by atoms with van der Waals surface area (Å²) in [5.41, 5.74) is 2.18. The summed E-state index contributed by atoms with van der Waals surface area (Å²) in [7, 11) is 1.32. The zero-order valence-electron chi connectivity index (χ0n) is 15.9. The first-order valence-electron chi connectivity index (χ1n) is 9.48. The van der Waals surface area contributed by atoms with Gasteiger partial charge in [0, 0.05) is 24.6 Å². The Labute approximate surface area is 167 Å². The lowest BCUT2D eigenvalue weighted by Gasteiger charge is -2.19. The minimum atomic E-state index is -0.514. The molecule has 0 spiro atoms. The highest BCUT2D eigenvalue weighted by atomic mass is 19.1. The van der Waals surface area contributed by atoms with Crippen molar-refractivity contribution in [3.63, 3.8) is 0 Å². The molecular formula is C22H21FN2O4. The SMILES string of the molecule is COC(=O)[C@H]1CN(C(=O)C[C@@H]2NC(=O)c3ccccc32)C[C@@H]1c1ccc(F)cc1. The number of esters is 1. The topological polar surface area (TPSA) is 75.7 Å². The Bertz CT molecular complexity index is 960. The second-order valence-electron chi connectivity index (χ2n) is 7.40. The largest absolute Gasteiger partial charge is 0.469 e. The Hall–Kier alpha value is -3.22. The van der Waals surface area contributed by atoms with Gasteiger partial charge in [0.2, 0.25) is 5.91 Å². The van der Waals surface area contributed by atoms with Crippen LogP contribution >= 0.6 is 0 Å². The molecule has 150 valence electrons. The molecule has 1 N–H and O–H groups in total. The molecule has 0 aromatic heterocycles. The zero-order valence-corrected chi connectivity index (χ0v) is 15.9. The van der Waals surface area contributed by atoms with E-state index in [1.807, 2.05) is 12.1 Å². The van der Waals surface area contributed by atoms with Crippen LogP contribution in [0.4, 0.5) is 4.39 Å². The third-order valence-corrected chi connectivity index (χ3v) is 5.74. The molecule has 2 amide bonds. The second kappa shape index (κ2) is 7.66. The van der Waals surface area contributed by atoms with E-state index in [0.717, 1.165) is 11.1 Å². The van der Waals surface area contributed by atoms with E-state index in [-0.39, 0.29) is 42.6 Å². The fourth-order valence-electron chi connectivity index (χ4n) is 4.23. The van der Waals surface area contributed by atoms with E-state index < -0.39 is 11.9 Å². The van der Waals surface area contributed by atoms with Crippen LogP contribution in [0.3, 0.4) is 0 Å². The maximum Gasteiger partial charge on any atom is 0.311 e. The van der Waals surface area contributed by atoms with Crippen molar-refractivity contribution in [1.29, 1.82) is 0 Å². The van der Waals surface area contributed by atoms with E-state index in [1.54, 1.807) is 29.2 Å². The summed E-state index contributed by atoms with van der Waals surface area (Å²) in [6.07, 6.45) is 0.118. The van der Waals surface area contributed by atoms with Gasteiger partial charge in [-0.15, -0.1) is 0 Å². The summed E-state index contributed by atoms with van der Waals surface area (Å²) in [6.45, 7) is 0.572. The quantitative estimate of drug-likeness (QED) is 0.806. The summed E-state index contributed by atoms with van der Waals surface area (Å²) in [5.74, 6) is -1.86.